The van der Waals surface area contributed by atoms with Crippen LogP contribution in [0.2, 0.25) is 0 Å². The molecule has 0 spiro atoms. The number of piperazine rings is 1. The monoisotopic (exact) mass is 375 g/mol. The Hall–Kier alpha value is -2.28. The van der Waals surface area contributed by atoms with Gasteiger partial charge in [0.05, 0.1) is 25.3 Å². The molecule has 2 aliphatic rings. The summed E-state index contributed by atoms with van der Waals surface area (Å²) in [6.45, 7) is 2.02. The highest BCUT2D eigenvalue weighted by Gasteiger charge is 2.39. The van der Waals surface area contributed by atoms with E-state index in [1.54, 1.807) is 30.2 Å². The van der Waals surface area contributed by atoms with Gasteiger partial charge in [0.25, 0.3) is 5.91 Å². The lowest BCUT2D eigenvalue weighted by molar-refractivity contribution is -0.139. The molecule has 27 heavy (non-hydrogen) atoms. The summed E-state index contributed by atoms with van der Waals surface area (Å²) < 4.78 is 10.5. The van der Waals surface area contributed by atoms with Gasteiger partial charge in [-0.15, -0.1) is 0 Å². The van der Waals surface area contributed by atoms with Crippen LogP contribution in [0.25, 0.3) is 0 Å². The van der Waals surface area contributed by atoms with Crippen molar-refractivity contribution in [2.45, 2.75) is 37.6 Å². The third-order valence-corrected chi connectivity index (χ3v) is 5.66. The van der Waals surface area contributed by atoms with Crippen molar-refractivity contribution >= 4 is 11.8 Å². The fourth-order valence-electron chi connectivity index (χ4n) is 3.97. The van der Waals surface area contributed by atoms with Crippen LogP contribution in [-0.4, -0.2) is 67.6 Å². The van der Waals surface area contributed by atoms with Crippen molar-refractivity contribution in [1.29, 1.82) is 0 Å². The first-order valence-corrected chi connectivity index (χ1v) is 9.58. The molecule has 0 bridgehead atoms. The van der Waals surface area contributed by atoms with Gasteiger partial charge < -0.3 is 25.0 Å². The molecule has 1 saturated carbocycles. The number of nitrogens with two attached hydrogens (primary N) is 1. The second kappa shape index (κ2) is 8.17. The molecule has 0 unspecified atom stereocenters. The fraction of sp³-hybridized carbons (Fsp3) is 0.600. The summed E-state index contributed by atoms with van der Waals surface area (Å²) >= 11 is 0. The molecule has 2 fully saturated rings. The first kappa shape index (κ1) is 19.5. The molecule has 0 aromatic heterocycles. The molecule has 7 heteroatoms. The number of hydrogen-bond acceptors (Lipinski definition) is 5. The third-order valence-electron chi connectivity index (χ3n) is 5.66. The van der Waals surface area contributed by atoms with Crippen molar-refractivity contribution in [1.82, 2.24) is 9.80 Å². The molecule has 2 amide bonds. The Morgan fingerprint density at radius 2 is 1.59 bits per heavy atom. The van der Waals surface area contributed by atoms with Crippen LogP contribution < -0.4 is 15.2 Å². The van der Waals surface area contributed by atoms with Crippen molar-refractivity contribution in [3.05, 3.63) is 23.8 Å². The summed E-state index contributed by atoms with van der Waals surface area (Å²) in [6.07, 6.45) is 4.69. The lowest BCUT2D eigenvalue weighted by Gasteiger charge is -2.41. The number of hydrogen-bond donors (Lipinski definition) is 1. The minimum atomic E-state index is -0.719. The Bertz CT molecular complexity index is 692. The Morgan fingerprint density at radius 3 is 2.19 bits per heavy atom. The van der Waals surface area contributed by atoms with Crippen LogP contribution in [0.5, 0.6) is 11.5 Å². The number of ether oxygens (including phenoxy) is 2. The van der Waals surface area contributed by atoms with E-state index >= 15 is 0 Å². The molecule has 1 aliphatic carbocycles. The van der Waals surface area contributed by atoms with Crippen LogP contribution in [0.3, 0.4) is 0 Å². The maximum absolute atomic E-state index is 12.9. The molecule has 0 radical (unpaired) electrons. The Morgan fingerprint density at radius 1 is 0.963 bits per heavy atom. The summed E-state index contributed by atoms with van der Waals surface area (Å²) in [5.41, 5.74) is 6.17. The molecule has 148 valence electrons. The van der Waals surface area contributed by atoms with Crippen molar-refractivity contribution in [2.24, 2.45) is 5.73 Å². The number of benzene rings is 1. The largest absolute Gasteiger partial charge is 0.497 e. The minimum Gasteiger partial charge on any atom is -0.497 e. The molecular formula is C20H29N3O4. The van der Waals surface area contributed by atoms with Crippen LogP contribution in [0.15, 0.2) is 18.2 Å². The molecule has 1 aliphatic heterocycles. The highest BCUT2D eigenvalue weighted by atomic mass is 16.5. The highest BCUT2D eigenvalue weighted by Crippen LogP contribution is 2.29. The quantitative estimate of drug-likeness (QED) is 0.865. The van der Waals surface area contributed by atoms with Crippen LogP contribution in [-0.2, 0) is 4.79 Å². The van der Waals surface area contributed by atoms with E-state index in [1.807, 2.05) is 4.90 Å². The topological polar surface area (TPSA) is 85.1 Å². The first-order valence-electron chi connectivity index (χ1n) is 9.58. The fourth-order valence-corrected chi connectivity index (χ4v) is 3.97. The second-order valence-electron chi connectivity index (χ2n) is 7.37. The van der Waals surface area contributed by atoms with E-state index in [0.717, 1.165) is 32.1 Å². The van der Waals surface area contributed by atoms with Gasteiger partial charge in [0.1, 0.15) is 11.5 Å². The van der Waals surface area contributed by atoms with Crippen molar-refractivity contribution in [3.8, 4) is 11.5 Å². The van der Waals surface area contributed by atoms with Crippen molar-refractivity contribution < 1.29 is 19.1 Å². The maximum atomic E-state index is 12.9. The molecule has 1 aromatic rings. The summed E-state index contributed by atoms with van der Waals surface area (Å²) in [5.74, 6) is 1.07. The molecule has 2 N–H and O–H groups in total. The summed E-state index contributed by atoms with van der Waals surface area (Å²) in [4.78, 5) is 29.3. The van der Waals surface area contributed by atoms with Gasteiger partial charge in [-0.3, -0.25) is 9.59 Å². The van der Waals surface area contributed by atoms with E-state index in [4.69, 9.17) is 15.2 Å². The average Bonchev–Trinajstić information content (AvgIpc) is 2.72. The predicted octanol–water partition coefficient (Wildman–Crippen LogP) is 1.65. The van der Waals surface area contributed by atoms with Gasteiger partial charge in [0.2, 0.25) is 5.91 Å². The van der Waals surface area contributed by atoms with Gasteiger partial charge in [-0.25, -0.2) is 0 Å². The number of methoxy groups -OCH3 is 2. The summed E-state index contributed by atoms with van der Waals surface area (Å²) in [7, 11) is 3.11. The zero-order valence-corrected chi connectivity index (χ0v) is 16.2. The van der Waals surface area contributed by atoms with Crippen LogP contribution >= 0.6 is 0 Å². The molecule has 3 rings (SSSR count). The number of nitrogens with zero attached hydrogens (tertiary/aromatic N) is 2. The van der Waals surface area contributed by atoms with Crippen LogP contribution in [0.1, 0.15) is 42.5 Å². The van der Waals surface area contributed by atoms with Crippen molar-refractivity contribution in [2.75, 3.05) is 40.4 Å². The van der Waals surface area contributed by atoms with Gasteiger partial charge in [-0.2, -0.15) is 0 Å². The molecule has 1 saturated heterocycles. The van der Waals surface area contributed by atoms with Crippen LogP contribution in [0, 0.1) is 0 Å². The molecular weight excluding hydrogens is 346 g/mol. The van der Waals surface area contributed by atoms with E-state index in [0.29, 0.717) is 43.2 Å². The van der Waals surface area contributed by atoms with E-state index in [9.17, 15) is 9.59 Å². The van der Waals surface area contributed by atoms with E-state index in [1.165, 1.54) is 7.11 Å². The van der Waals surface area contributed by atoms with Crippen molar-refractivity contribution in [3.63, 3.8) is 0 Å². The van der Waals surface area contributed by atoms with Gasteiger partial charge in [-0.05, 0) is 25.0 Å². The zero-order valence-electron chi connectivity index (χ0n) is 16.2. The first-order chi connectivity index (χ1) is 13.0. The average molecular weight is 375 g/mol. The Balaban J connectivity index is 1.63. The summed E-state index contributed by atoms with van der Waals surface area (Å²) in [6, 6.07) is 5.17. The molecule has 1 heterocycles. The summed E-state index contributed by atoms with van der Waals surface area (Å²) in [5, 5.41) is 0. The minimum absolute atomic E-state index is 0.0383. The Labute approximate surface area is 160 Å². The zero-order chi connectivity index (χ0) is 19.4. The lowest BCUT2D eigenvalue weighted by atomic mass is 9.81. The standard InChI is InChI=1S/C20H29N3O4/c1-26-15-6-7-16(17(14-15)27-2)18(24)22-10-12-23(13-11-22)19(25)20(21)8-4-3-5-9-20/h6-7,14H,3-5,8-13,21H2,1-2H3. The number of amides is 2. The highest BCUT2D eigenvalue weighted by molar-refractivity contribution is 5.97. The number of carbonyl (C=O) groups is 2. The number of rotatable bonds is 4. The van der Waals surface area contributed by atoms with E-state index in [2.05, 4.69) is 0 Å². The molecule has 1 aromatic carbocycles. The van der Waals surface area contributed by atoms with E-state index < -0.39 is 5.54 Å². The SMILES string of the molecule is COc1ccc(C(=O)N2CCN(C(=O)C3(N)CCCCC3)CC2)c(OC)c1. The van der Waals surface area contributed by atoms with Gasteiger partial charge >= 0.3 is 0 Å². The van der Waals surface area contributed by atoms with E-state index in [-0.39, 0.29) is 11.8 Å². The van der Waals surface area contributed by atoms with Gasteiger partial charge in [-0.1, -0.05) is 19.3 Å². The predicted molar refractivity (Wildman–Crippen MR) is 102 cm³/mol. The third kappa shape index (κ3) is 4.03. The van der Waals surface area contributed by atoms with Gasteiger partial charge in [0, 0.05) is 32.2 Å². The van der Waals surface area contributed by atoms with Crippen LogP contribution in [0.4, 0.5) is 0 Å². The smallest absolute Gasteiger partial charge is 0.257 e. The molecule has 7 nitrogen and oxygen atoms in total. The van der Waals surface area contributed by atoms with Gasteiger partial charge in [0.15, 0.2) is 0 Å². The maximum Gasteiger partial charge on any atom is 0.257 e. The normalized spacial score (nSPS) is 19.5. The second-order valence-corrected chi connectivity index (χ2v) is 7.37. The number of carbonyl (C=O) groups excluding carboxylic acids is 2. The molecule has 0 atom stereocenters. The Kier molecular flexibility index (Phi) is 5.89. The lowest BCUT2D eigenvalue weighted by Crippen LogP contribution is -2.60.